The lowest BCUT2D eigenvalue weighted by molar-refractivity contribution is -0.387. The molecule has 2 heterocycles. The van der Waals surface area contributed by atoms with Crippen LogP contribution >= 0.6 is 0 Å². The summed E-state index contributed by atoms with van der Waals surface area (Å²) in [5.74, 6) is -0.287. The fourth-order valence-electron chi connectivity index (χ4n) is 3.38. The molecule has 0 fully saturated rings. The topological polar surface area (TPSA) is 90.2 Å². The molecule has 2 aromatic carbocycles. The summed E-state index contributed by atoms with van der Waals surface area (Å²) in [4.78, 5) is 22.6. The zero-order valence-electron chi connectivity index (χ0n) is 16.0. The maximum atomic E-state index is 13.8. The molecule has 0 amide bonds. The predicted octanol–water partition coefficient (Wildman–Crippen LogP) is 5.92. The summed E-state index contributed by atoms with van der Waals surface area (Å²) in [6.45, 7) is 9.22. The normalized spacial score (nSPS) is 10.4. The maximum absolute atomic E-state index is 13.8. The van der Waals surface area contributed by atoms with E-state index in [0.29, 0.717) is 28.3 Å². The van der Waals surface area contributed by atoms with Gasteiger partial charge in [0, 0.05) is 23.2 Å². The predicted molar refractivity (Wildman–Crippen MR) is 118 cm³/mol. The van der Waals surface area contributed by atoms with E-state index in [1.807, 2.05) is 31.3 Å². The summed E-state index contributed by atoms with van der Waals surface area (Å²) in [5, 5.41) is 14.8. The molecule has 1 N–H and O–H groups in total. The molecule has 0 saturated heterocycles. The number of nitro benzene ring substituents is 1. The fraction of sp³-hybridized carbons (Fsp3) is 0.136. The number of rotatable bonds is 4. The minimum atomic E-state index is -0.907. The second-order valence-electron chi connectivity index (χ2n) is 6.65. The number of benzene rings is 2. The van der Waals surface area contributed by atoms with Crippen molar-refractivity contribution in [3.8, 4) is 11.3 Å². The van der Waals surface area contributed by atoms with Gasteiger partial charge in [-0.2, -0.15) is 4.39 Å². The van der Waals surface area contributed by atoms with Crippen molar-refractivity contribution in [1.29, 1.82) is 0 Å². The van der Waals surface area contributed by atoms with Gasteiger partial charge in [-0.15, -0.1) is 0 Å². The molecule has 0 saturated carbocycles. The summed E-state index contributed by atoms with van der Waals surface area (Å²) in [7, 11) is 1.82. The summed E-state index contributed by atoms with van der Waals surface area (Å²) in [5.41, 5.74) is 2.27. The van der Waals surface area contributed by atoms with Gasteiger partial charge in [0.25, 0.3) is 0 Å². The van der Waals surface area contributed by atoms with E-state index in [1.54, 1.807) is 17.6 Å². The molecule has 8 nitrogen and oxygen atoms in total. The van der Waals surface area contributed by atoms with Crippen molar-refractivity contribution in [3.63, 3.8) is 0 Å². The molecule has 0 bridgehead atoms. The van der Waals surface area contributed by atoms with Crippen LogP contribution in [0.3, 0.4) is 0 Å². The Morgan fingerprint density at radius 3 is 2.71 bits per heavy atom. The number of nitrogens with one attached hydrogen (secondary N) is 1. The Labute approximate surface area is 178 Å². The number of para-hydroxylation sites is 1. The van der Waals surface area contributed by atoms with Crippen LogP contribution in [-0.4, -0.2) is 19.5 Å². The van der Waals surface area contributed by atoms with Gasteiger partial charge in [0.05, 0.1) is 23.4 Å². The fourth-order valence-corrected chi connectivity index (χ4v) is 3.38. The molecule has 156 valence electrons. The standard InChI is InChI=1S/C21H15FN6O2.CH4/c1-12-10-14(22)18(28(29)30)11-16(12)26-21-24-9-8-15(25-21)19-13-6-4-5-7-17(13)27(3)20(19)23-2;/h4-11H,1,3H3,(H,24,25,26);1H4. The third-order valence-corrected chi connectivity index (χ3v) is 4.83. The van der Waals surface area contributed by atoms with Gasteiger partial charge in [-0.25, -0.2) is 9.97 Å². The first-order valence-electron chi connectivity index (χ1n) is 8.90. The Balaban J connectivity index is 0.00000272. The highest BCUT2D eigenvalue weighted by Crippen LogP contribution is 2.39. The summed E-state index contributed by atoms with van der Waals surface area (Å²) in [6, 6.07) is 11.5. The van der Waals surface area contributed by atoms with E-state index in [2.05, 4.69) is 20.1 Å². The minimum Gasteiger partial charge on any atom is -0.363 e. The number of nitro groups is 1. The van der Waals surface area contributed by atoms with E-state index in [-0.39, 0.29) is 13.4 Å². The van der Waals surface area contributed by atoms with Crippen LogP contribution < -0.4 is 5.32 Å². The highest BCUT2D eigenvalue weighted by molar-refractivity contribution is 6.02. The number of aryl methyl sites for hydroxylation is 2. The van der Waals surface area contributed by atoms with Gasteiger partial charge in [-0.3, -0.25) is 14.7 Å². The Morgan fingerprint density at radius 2 is 2.00 bits per heavy atom. The van der Waals surface area contributed by atoms with Gasteiger partial charge in [0.1, 0.15) is 5.52 Å². The Hall–Kier alpha value is -4.32. The van der Waals surface area contributed by atoms with Gasteiger partial charge < -0.3 is 10.2 Å². The number of hydrogen-bond acceptors (Lipinski definition) is 5. The first-order chi connectivity index (χ1) is 14.4. The van der Waals surface area contributed by atoms with Crippen molar-refractivity contribution in [1.82, 2.24) is 14.5 Å². The van der Waals surface area contributed by atoms with Crippen molar-refractivity contribution in [2.75, 3.05) is 5.32 Å². The van der Waals surface area contributed by atoms with Crippen LogP contribution in [0.25, 0.3) is 27.0 Å². The van der Waals surface area contributed by atoms with Crippen molar-refractivity contribution < 1.29 is 9.31 Å². The number of halogens is 1. The maximum Gasteiger partial charge on any atom is 0.306 e. The lowest BCUT2D eigenvalue weighted by Gasteiger charge is -2.10. The van der Waals surface area contributed by atoms with E-state index in [4.69, 9.17) is 6.57 Å². The van der Waals surface area contributed by atoms with Crippen LogP contribution in [0.2, 0.25) is 0 Å². The van der Waals surface area contributed by atoms with E-state index >= 15 is 0 Å². The summed E-state index contributed by atoms with van der Waals surface area (Å²) < 4.78 is 15.6. The van der Waals surface area contributed by atoms with Crippen LogP contribution in [0.4, 0.5) is 27.5 Å². The summed E-state index contributed by atoms with van der Waals surface area (Å²) >= 11 is 0. The minimum absolute atomic E-state index is 0. The Morgan fingerprint density at radius 1 is 1.26 bits per heavy atom. The monoisotopic (exact) mass is 418 g/mol. The van der Waals surface area contributed by atoms with Crippen molar-refractivity contribution >= 4 is 34.0 Å². The van der Waals surface area contributed by atoms with Gasteiger partial charge >= 0.3 is 5.69 Å². The molecular formula is C22H19FN6O2. The molecule has 0 aliphatic rings. The smallest absolute Gasteiger partial charge is 0.306 e. The SMILES string of the molecule is C.[C-]#[N+]c1c(-c2ccnc(Nc3cc([N+](=O)[O-])c(F)cc3C)n2)c2ccccc2n1C. The first-order valence-corrected chi connectivity index (χ1v) is 8.90. The van der Waals surface area contributed by atoms with E-state index < -0.39 is 16.4 Å². The summed E-state index contributed by atoms with van der Waals surface area (Å²) in [6.07, 6.45) is 1.54. The number of fused-ring (bicyclic) bond motifs is 1. The number of anilines is 2. The van der Waals surface area contributed by atoms with Crippen molar-refractivity contribution in [2.45, 2.75) is 14.4 Å². The van der Waals surface area contributed by atoms with Crippen LogP contribution in [0.15, 0.2) is 48.7 Å². The number of aromatic nitrogens is 3. The van der Waals surface area contributed by atoms with Crippen LogP contribution in [0.5, 0.6) is 0 Å². The molecule has 0 unspecified atom stereocenters. The molecule has 0 atom stereocenters. The number of hydrogen-bond donors (Lipinski definition) is 1. The second kappa shape index (κ2) is 8.20. The first kappa shape index (κ1) is 21.4. The van der Waals surface area contributed by atoms with Gasteiger partial charge in [-0.1, -0.05) is 32.2 Å². The molecule has 2 aromatic heterocycles. The van der Waals surface area contributed by atoms with E-state index in [9.17, 15) is 14.5 Å². The molecule has 4 rings (SSSR count). The van der Waals surface area contributed by atoms with Gasteiger partial charge in [-0.05, 0) is 30.7 Å². The van der Waals surface area contributed by atoms with Crippen molar-refractivity contribution in [3.05, 3.63) is 81.6 Å². The van der Waals surface area contributed by atoms with Gasteiger partial charge in [0.15, 0.2) is 0 Å². The molecule has 31 heavy (non-hydrogen) atoms. The van der Waals surface area contributed by atoms with Crippen LogP contribution in [0.1, 0.15) is 13.0 Å². The molecule has 4 aromatic rings. The largest absolute Gasteiger partial charge is 0.363 e. The molecule has 0 radical (unpaired) electrons. The lowest BCUT2D eigenvalue weighted by Crippen LogP contribution is -2.02. The zero-order valence-corrected chi connectivity index (χ0v) is 16.0. The third kappa shape index (κ3) is 3.67. The Kier molecular flexibility index (Phi) is 5.66. The van der Waals surface area contributed by atoms with E-state index in [0.717, 1.165) is 23.0 Å². The highest BCUT2D eigenvalue weighted by Gasteiger charge is 2.20. The van der Waals surface area contributed by atoms with Crippen molar-refractivity contribution in [2.24, 2.45) is 7.05 Å². The average molecular weight is 418 g/mol. The highest BCUT2D eigenvalue weighted by atomic mass is 19.1. The number of nitrogens with zero attached hydrogens (tertiary/aromatic N) is 5. The molecule has 9 heteroatoms. The van der Waals surface area contributed by atoms with Crippen LogP contribution in [0, 0.1) is 29.4 Å². The van der Waals surface area contributed by atoms with Gasteiger partial charge in [0.2, 0.25) is 17.6 Å². The molecule has 0 aliphatic heterocycles. The molecule has 0 spiro atoms. The second-order valence-corrected chi connectivity index (χ2v) is 6.65. The molecular weight excluding hydrogens is 399 g/mol. The average Bonchev–Trinajstić information content (AvgIpc) is 3.02. The van der Waals surface area contributed by atoms with Crippen LogP contribution in [-0.2, 0) is 7.05 Å². The quantitative estimate of drug-likeness (QED) is 0.252. The molecule has 0 aliphatic carbocycles. The van der Waals surface area contributed by atoms with E-state index in [1.165, 1.54) is 6.20 Å². The Bertz CT molecular complexity index is 1360. The zero-order chi connectivity index (χ0) is 21.4. The lowest BCUT2D eigenvalue weighted by atomic mass is 10.1. The third-order valence-electron chi connectivity index (χ3n) is 4.83.